The maximum Gasteiger partial charge on any atom is 0.251 e. The zero-order valence-electron chi connectivity index (χ0n) is 23.6. The molecule has 0 radical (unpaired) electrons. The number of carbonyl (C=O) groups excluding carboxylic acids is 1. The number of nitrogens with zero attached hydrogens (tertiary/aromatic N) is 5. The van der Waals surface area contributed by atoms with Crippen molar-refractivity contribution in [2.75, 3.05) is 18.4 Å². The third-order valence-electron chi connectivity index (χ3n) is 8.88. The number of aromatic nitrogens is 4. The average molecular weight is 550 g/mol. The molecule has 1 aliphatic heterocycles. The minimum Gasteiger partial charge on any atom is -0.365 e. The number of carbonyl (C=O) groups is 1. The molecular weight excluding hydrogens is 510 g/mol. The van der Waals surface area contributed by atoms with Crippen molar-refractivity contribution in [1.82, 2.24) is 29.7 Å². The van der Waals surface area contributed by atoms with Crippen molar-refractivity contribution in [2.24, 2.45) is 0 Å². The van der Waals surface area contributed by atoms with Gasteiger partial charge in [0.15, 0.2) is 17.3 Å². The van der Waals surface area contributed by atoms with E-state index < -0.39 is 0 Å². The summed E-state index contributed by atoms with van der Waals surface area (Å²) in [5.41, 5.74) is 4.71. The smallest absolute Gasteiger partial charge is 0.251 e. The summed E-state index contributed by atoms with van der Waals surface area (Å²) < 4.78 is 2.28. The molecule has 2 aromatic carbocycles. The van der Waals surface area contributed by atoms with Gasteiger partial charge in [0.25, 0.3) is 5.91 Å². The zero-order chi connectivity index (χ0) is 27.6. The van der Waals surface area contributed by atoms with Gasteiger partial charge >= 0.3 is 0 Å². The van der Waals surface area contributed by atoms with Crippen LogP contribution in [0, 0.1) is 0 Å². The van der Waals surface area contributed by atoms with E-state index in [4.69, 9.17) is 15.0 Å². The highest BCUT2D eigenvalue weighted by atomic mass is 16.1. The summed E-state index contributed by atoms with van der Waals surface area (Å²) in [4.78, 5) is 30.0. The molecule has 0 bridgehead atoms. The van der Waals surface area contributed by atoms with E-state index in [1.807, 2.05) is 30.6 Å². The summed E-state index contributed by atoms with van der Waals surface area (Å²) in [5, 5.41) is 6.84. The lowest BCUT2D eigenvalue weighted by Crippen LogP contribution is -2.38. The number of rotatable bonds is 8. The van der Waals surface area contributed by atoms with Gasteiger partial charge in [-0.1, -0.05) is 61.7 Å². The fourth-order valence-electron chi connectivity index (χ4n) is 6.31. The van der Waals surface area contributed by atoms with Crippen LogP contribution in [0.2, 0.25) is 0 Å². The zero-order valence-corrected chi connectivity index (χ0v) is 23.6. The Morgan fingerprint density at radius 2 is 1.59 bits per heavy atom. The molecule has 0 unspecified atom stereocenters. The molecule has 8 heteroatoms. The molecule has 3 aliphatic rings. The first kappa shape index (κ1) is 26.1. The maximum atomic E-state index is 12.5. The van der Waals surface area contributed by atoms with Crippen LogP contribution in [0.5, 0.6) is 0 Å². The van der Waals surface area contributed by atoms with Crippen LogP contribution in [-0.2, 0) is 6.54 Å². The second-order valence-electron chi connectivity index (χ2n) is 12.0. The van der Waals surface area contributed by atoms with E-state index in [0.717, 1.165) is 80.7 Å². The van der Waals surface area contributed by atoms with Crippen molar-refractivity contribution < 1.29 is 4.79 Å². The van der Waals surface area contributed by atoms with Crippen LogP contribution in [0.15, 0.2) is 60.9 Å². The number of amides is 1. The number of hydrogen-bond acceptors (Lipinski definition) is 6. The van der Waals surface area contributed by atoms with Gasteiger partial charge in [0, 0.05) is 48.9 Å². The summed E-state index contributed by atoms with van der Waals surface area (Å²) in [5.74, 6) is 1.48. The van der Waals surface area contributed by atoms with E-state index in [2.05, 4.69) is 50.4 Å². The minimum atomic E-state index is -0.00763. The summed E-state index contributed by atoms with van der Waals surface area (Å²) >= 11 is 0. The number of piperidine rings is 1. The van der Waals surface area contributed by atoms with Crippen molar-refractivity contribution in [3.8, 4) is 11.4 Å². The van der Waals surface area contributed by atoms with Gasteiger partial charge in [-0.05, 0) is 56.2 Å². The van der Waals surface area contributed by atoms with E-state index in [1.165, 1.54) is 24.8 Å². The standard InChI is InChI=1S/C33H39N7O/c41-33(36-26-15-16-26)25-13-11-24(12-14-25)30-37-31(29-32(38-30)40(22-34-29)28-9-5-2-6-10-28)35-27-17-19-39(20-18-27)21-23-7-3-1-4-8-23/h1,3-4,7-8,11-14,22,26-28H,2,5-6,9-10,15-21H2,(H,36,41)(H,35,37,38). The molecule has 1 amide bonds. The van der Waals surface area contributed by atoms with Gasteiger partial charge in [-0.2, -0.15) is 0 Å². The maximum absolute atomic E-state index is 12.5. The van der Waals surface area contributed by atoms with Crippen molar-refractivity contribution in [1.29, 1.82) is 0 Å². The molecule has 8 nitrogen and oxygen atoms in total. The van der Waals surface area contributed by atoms with E-state index in [9.17, 15) is 4.79 Å². The van der Waals surface area contributed by atoms with Gasteiger partial charge < -0.3 is 15.2 Å². The predicted molar refractivity (Wildman–Crippen MR) is 162 cm³/mol. The first-order valence-electron chi connectivity index (χ1n) is 15.4. The number of benzene rings is 2. The molecule has 2 aromatic heterocycles. The Hall–Kier alpha value is -3.78. The Labute approximate surface area is 241 Å². The quantitative estimate of drug-likeness (QED) is 0.282. The average Bonchev–Trinajstić information content (AvgIpc) is 3.73. The highest BCUT2D eigenvalue weighted by molar-refractivity contribution is 5.95. The molecule has 0 atom stereocenters. The lowest BCUT2D eigenvalue weighted by Gasteiger charge is -2.32. The third-order valence-corrected chi connectivity index (χ3v) is 8.88. The topological polar surface area (TPSA) is 88.0 Å². The number of anilines is 1. The van der Waals surface area contributed by atoms with Gasteiger partial charge in [-0.3, -0.25) is 9.69 Å². The van der Waals surface area contributed by atoms with E-state index in [1.54, 1.807) is 0 Å². The summed E-state index contributed by atoms with van der Waals surface area (Å²) in [7, 11) is 0. The molecule has 212 valence electrons. The van der Waals surface area contributed by atoms with Gasteiger partial charge in [-0.15, -0.1) is 0 Å². The molecule has 3 heterocycles. The monoisotopic (exact) mass is 549 g/mol. The number of hydrogen-bond donors (Lipinski definition) is 2. The molecule has 0 spiro atoms. The fraction of sp³-hybridized carbons (Fsp3) is 0.455. The van der Waals surface area contributed by atoms with Crippen molar-refractivity contribution in [2.45, 2.75) is 82.5 Å². The third kappa shape index (κ3) is 5.98. The Bertz CT molecular complexity index is 1480. The van der Waals surface area contributed by atoms with Gasteiger partial charge in [0.2, 0.25) is 0 Å². The molecule has 41 heavy (non-hydrogen) atoms. The highest BCUT2D eigenvalue weighted by Crippen LogP contribution is 2.33. The molecule has 2 aliphatic carbocycles. The lowest BCUT2D eigenvalue weighted by molar-refractivity contribution is 0.0951. The van der Waals surface area contributed by atoms with Crippen molar-refractivity contribution in [3.05, 3.63) is 72.1 Å². The SMILES string of the molecule is O=C(NC1CC1)c1ccc(-c2nc(NC3CCN(Cc4ccccc4)CC3)c3ncn(C4CCCCC4)c3n2)cc1. The number of nitrogens with one attached hydrogen (secondary N) is 2. The molecule has 2 saturated carbocycles. The number of imidazole rings is 1. The van der Waals surface area contributed by atoms with E-state index in [-0.39, 0.29) is 5.91 Å². The summed E-state index contributed by atoms with van der Waals surface area (Å²) in [6.45, 7) is 3.10. The van der Waals surface area contributed by atoms with Gasteiger partial charge in [0.05, 0.1) is 6.33 Å². The van der Waals surface area contributed by atoms with Crippen LogP contribution in [-0.4, -0.2) is 55.5 Å². The second kappa shape index (κ2) is 11.6. The summed E-state index contributed by atoms with van der Waals surface area (Å²) in [6, 6.07) is 19.5. The lowest BCUT2D eigenvalue weighted by atomic mass is 9.95. The van der Waals surface area contributed by atoms with Crippen LogP contribution in [0.3, 0.4) is 0 Å². The Morgan fingerprint density at radius 1 is 0.829 bits per heavy atom. The number of likely N-dealkylation sites (tertiary alicyclic amines) is 1. The largest absolute Gasteiger partial charge is 0.365 e. The van der Waals surface area contributed by atoms with Gasteiger partial charge in [-0.25, -0.2) is 15.0 Å². The van der Waals surface area contributed by atoms with E-state index >= 15 is 0 Å². The molecule has 3 fully saturated rings. The first-order chi connectivity index (χ1) is 20.2. The van der Waals surface area contributed by atoms with Crippen molar-refractivity contribution >= 4 is 22.9 Å². The molecular formula is C33H39N7O. The van der Waals surface area contributed by atoms with Crippen LogP contribution in [0.25, 0.3) is 22.6 Å². The van der Waals surface area contributed by atoms with Gasteiger partial charge in [0.1, 0.15) is 5.52 Å². The summed E-state index contributed by atoms with van der Waals surface area (Å²) in [6.07, 6.45) is 12.4. The highest BCUT2D eigenvalue weighted by Gasteiger charge is 2.26. The molecule has 1 saturated heterocycles. The molecule has 7 rings (SSSR count). The Balaban J connectivity index is 1.14. The van der Waals surface area contributed by atoms with Crippen LogP contribution < -0.4 is 10.6 Å². The first-order valence-corrected chi connectivity index (χ1v) is 15.4. The predicted octanol–water partition coefficient (Wildman–Crippen LogP) is 5.97. The Kier molecular flexibility index (Phi) is 7.40. The number of fused-ring (bicyclic) bond motifs is 1. The van der Waals surface area contributed by atoms with Crippen molar-refractivity contribution in [3.63, 3.8) is 0 Å². The normalized spacial score (nSPS) is 18.9. The van der Waals surface area contributed by atoms with E-state index in [0.29, 0.717) is 29.5 Å². The molecule has 2 N–H and O–H groups in total. The minimum absolute atomic E-state index is 0.00763. The fourth-order valence-corrected chi connectivity index (χ4v) is 6.31. The van der Waals surface area contributed by atoms with Crippen LogP contribution >= 0.6 is 0 Å². The van der Waals surface area contributed by atoms with Crippen LogP contribution in [0.4, 0.5) is 5.82 Å². The second-order valence-corrected chi connectivity index (χ2v) is 12.0. The Morgan fingerprint density at radius 3 is 2.32 bits per heavy atom. The van der Waals surface area contributed by atoms with Crippen LogP contribution in [0.1, 0.15) is 79.8 Å². The molecule has 4 aromatic rings.